The van der Waals surface area contributed by atoms with E-state index in [2.05, 4.69) is 4.98 Å². The van der Waals surface area contributed by atoms with E-state index in [1.807, 2.05) is 16.7 Å². The van der Waals surface area contributed by atoms with Crippen LogP contribution in [0.4, 0.5) is 4.39 Å². The van der Waals surface area contributed by atoms with E-state index in [-0.39, 0.29) is 5.82 Å². The number of hydrogen-bond donors (Lipinski definition) is 1. The molecule has 0 unspecified atom stereocenters. The SMILES string of the molecule is COc1ccc(-n2c(=S)[nH]c3cc(F)ccc32)cc1OC. The number of hydrogen-bond acceptors (Lipinski definition) is 3. The molecule has 0 aliphatic heterocycles. The molecule has 1 N–H and O–H groups in total. The molecule has 0 radical (unpaired) electrons. The minimum absolute atomic E-state index is 0.307. The molecule has 108 valence electrons. The van der Waals surface area contributed by atoms with Crippen molar-refractivity contribution in [3.05, 3.63) is 47.0 Å². The number of benzene rings is 2. The topological polar surface area (TPSA) is 39.2 Å². The van der Waals surface area contributed by atoms with Gasteiger partial charge in [0.2, 0.25) is 0 Å². The van der Waals surface area contributed by atoms with Gasteiger partial charge in [-0.25, -0.2) is 4.39 Å². The highest BCUT2D eigenvalue weighted by atomic mass is 32.1. The molecule has 6 heteroatoms. The lowest BCUT2D eigenvalue weighted by molar-refractivity contribution is 0.355. The standard InChI is InChI=1S/C15H13FN2O2S/c1-19-13-6-4-10(8-14(13)20-2)18-12-5-3-9(16)7-11(12)17-15(18)21/h3-8H,1-2H3,(H,17,21). The van der Waals surface area contributed by atoms with Crippen LogP contribution >= 0.6 is 12.2 Å². The Hall–Kier alpha value is -2.34. The van der Waals surface area contributed by atoms with E-state index in [1.54, 1.807) is 26.4 Å². The zero-order valence-electron chi connectivity index (χ0n) is 11.5. The molecule has 1 heterocycles. The van der Waals surface area contributed by atoms with Gasteiger partial charge >= 0.3 is 0 Å². The number of fused-ring (bicyclic) bond motifs is 1. The molecule has 0 saturated carbocycles. The molecule has 0 fully saturated rings. The van der Waals surface area contributed by atoms with Crippen molar-refractivity contribution in [1.29, 1.82) is 0 Å². The average molecular weight is 304 g/mol. The van der Waals surface area contributed by atoms with Crippen LogP contribution in [-0.4, -0.2) is 23.8 Å². The quantitative estimate of drug-likeness (QED) is 0.747. The average Bonchev–Trinajstić information content (AvgIpc) is 2.81. The molecule has 2 aromatic carbocycles. The summed E-state index contributed by atoms with van der Waals surface area (Å²) in [6.07, 6.45) is 0. The van der Waals surface area contributed by atoms with E-state index in [9.17, 15) is 4.39 Å². The second-order valence-corrected chi connectivity index (χ2v) is 4.85. The predicted molar refractivity (Wildman–Crippen MR) is 81.5 cm³/mol. The predicted octanol–water partition coefficient (Wildman–Crippen LogP) is 3.84. The second-order valence-electron chi connectivity index (χ2n) is 4.47. The van der Waals surface area contributed by atoms with E-state index in [0.29, 0.717) is 21.8 Å². The van der Waals surface area contributed by atoms with Gasteiger partial charge < -0.3 is 14.5 Å². The number of aromatic nitrogens is 2. The van der Waals surface area contributed by atoms with E-state index < -0.39 is 0 Å². The van der Waals surface area contributed by atoms with Crippen LogP contribution in [0.1, 0.15) is 0 Å². The van der Waals surface area contributed by atoms with Crippen molar-refractivity contribution in [2.45, 2.75) is 0 Å². The molecule has 4 nitrogen and oxygen atoms in total. The maximum atomic E-state index is 13.3. The summed E-state index contributed by atoms with van der Waals surface area (Å²) in [5, 5.41) is 0. The molecular weight excluding hydrogens is 291 g/mol. The van der Waals surface area contributed by atoms with Gasteiger partial charge in [0.1, 0.15) is 5.82 Å². The largest absolute Gasteiger partial charge is 0.493 e. The van der Waals surface area contributed by atoms with Crippen molar-refractivity contribution in [3.8, 4) is 17.2 Å². The molecule has 21 heavy (non-hydrogen) atoms. The Morgan fingerprint density at radius 1 is 1.05 bits per heavy atom. The summed E-state index contributed by atoms with van der Waals surface area (Å²) in [5.74, 6) is 0.935. The molecule has 3 rings (SSSR count). The van der Waals surface area contributed by atoms with E-state index in [0.717, 1.165) is 11.2 Å². The summed E-state index contributed by atoms with van der Waals surface area (Å²) in [4.78, 5) is 3.00. The number of nitrogens with one attached hydrogen (secondary N) is 1. The lowest BCUT2D eigenvalue weighted by atomic mass is 10.2. The van der Waals surface area contributed by atoms with Crippen molar-refractivity contribution < 1.29 is 13.9 Å². The molecular formula is C15H13FN2O2S. The highest BCUT2D eigenvalue weighted by Gasteiger charge is 2.10. The Kier molecular flexibility index (Phi) is 3.39. The van der Waals surface area contributed by atoms with Crippen molar-refractivity contribution in [3.63, 3.8) is 0 Å². The molecule has 1 aromatic heterocycles. The lowest BCUT2D eigenvalue weighted by Crippen LogP contribution is -1.97. The van der Waals surface area contributed by atoms with Gasteiger partial charge in [0.05, 0.1) is 30.9 Å². The third-order valence-corrected chi connectivity index (χ3v) is 3.55. The Balaban J connectivity index is 2.25. The molecule has 0 bridgehead atoms. The highest BCUT2D eigenvalue weighted by molar-refractivity contribution is 7.71. The number of imidazole rings is 1. The maximum Gasteiger partial charge on any atom is 0.182 e. The van der Waals surface area contributed by atoms with Gasteiger partial charge in [0.15, 0.2) is 16.3 Å². The van der Waals surface area contributed by atoms with E-state index in [4.69, 9.17) is 21.7 Å². The Morgan fingerprint density at radius 3 is 2.52 bits per heavy atom. The molecule has 0 saturated heterocycles. The fourth-order valence-electron chi connectivity index (χ4n) is 2.30. The Labute approximate surface area is 125 Å². The monoisotopic (exact) mass is 304 g/mol. The van der Waals surface area contributed by atoms with Gasteiger partial charge in [-0.3, -0.25) is 4.57 Å². The summed E-state index contributed by atoms with van der Waals surface area (Å²) in [5.41, 5.74) is 2.26. The molecule has 0 spiro atoms. The van der Waals surface area contributed by atoms with Gasteiger partial charge in [-0.2, -0.15) is 0 Å². The van der Waals surface area contributed by atoms with Gasteiger partial charge in [-0.05, 0) is 42.5 Å². The van der Waals surface area contributed by atoms with Gasteiger partial charge in [-0.15, -0.1) is 0 Å². The van der Waals surface area contributed by atoms with Crippen molar-refractivity contribution in [1.82, 2.24) is 9.55 Å². The number of ether oxygens (including phenoxy) is 2. The number of halogens is 1. The third kappa shape index (κ3) is 2.27. The molecule has 0 amide bonds. The van der Waals surface area contributed by atoms with Crippen molar-refractivity contribution in [2.24, 2.45) is 0 Å². The number of aromatic amines is 1. The number of nitrogens with zero attached hydrogens (tertiary/aromatic N) is 1. The summed E-state index contributed by atoms with van der Waals surface area (Å²) in [6, 6.07) is 10.0. The van der Waals surface area contributed by atoms with Gasteiger partial charge in [0.25, 0.3) is 0 Å². The minimum atomic E-state index is -0.307. The Morgan fingerprint density at radius 2 is 1.81 bits per heavy atom. The van der Waals surface area contributed by atoms with Crippen LogP contribution < -0.4 is 9.47 Å². The molecule has 0 atom stereocenters. The first kappa shape index (κ1) is 13.6. The second kappa shape index (κ2) is 5.21. The normalized spacial score (nSPS) is 10.8. The zero-order chi connectivity index (χ0) is 15.0. The number of rotatable bonds is 3. The molecule has 3 aromatic rings. The fraction of sp³-hybridized carbons (Fsp3) is 0.133. The van der Waals surface area contributed by atoms with Crippen molar-refractivity contribution in [2.75, 3.05) is 14.2 Å². The molecule has 0 aliphatic carbocycles. The number of H-pyrrole nitrogens is 1. The first-order chi connectivity index (χ1) is 10.1. The van der Waals surface area contributed by atoms with Gasteiger partial charge in [-0.1, -0.05) is 0 Å². The van der Waals surface area contributed by atoms with Gasteiger partial charge in [0, 0.05) is 6.07 Å². The van der Waals surface area contributed by atoms with Crippen LogP contribution in [0.15, 0.2) is 36.4 Å². The van der Waals surface area contributed by atoms with Crippen LogP contribution in [0.3, 0.4) is 0 Å². The summed E-state index contributed by atoms with van der Waals surface area (Å²) >= 11 is 5.33. The summed E-state index contributed by atoms with van der Waals surface area (Å²) in [7, 11) is 3.16. The zero-order valence-corrected chi connectivity index (χ0v) is 12.3. The molecule has 0 aliphatic rings. The van der Waals surface area contributed by atoms with Crippen LogP contribution in [0.25, 0.3) is 16.7 Å². The first-order valence-electron chi connectivity index (χ1n) is 6.26. The first-order valence-corrected chi connectivity index (χ1v) is 6.67. The highest BCUT2D eigenvalue weighted by Crippen LogP contribution is 2.30. The third-order valence-electron chi connectivity index (χ3n) is 3.27. The lowest BCUT2D eigenvalue weighted by Gasteiger charge is -2.10. The Bertz CT molecular complexity index is 870. The van der Waals surface area contributed by atoms with Crippen LogP contribution in [0, 0.1) is 10.6 Å². The summed E-state index contributed by atoms with van der Waals surface area (Å²) in [6.45, 7) is 0. The fourth-order valence-corrected chi connectivity index (χ4v) is 2.62. The number of methoxy groups -OCH3 is 2. The van der Waals surface area contributed by atoms with E-state index >= 15 is 0 Å². The summed E-state index contributed by atoms with van der Waals surface area (Å²) < 4.78 is 26.1. The van der Waals surface area contributed by atoms with Crippen LogP contribution in [0.5, 0.6) is 11.5 Å². The van der Waals surface area contributed by atoms with E-state index in [1.165, 1.54) is 12.1 Å². The van der Waals surface area contributed by atoms with Crippen LogP contribution in [0.2, 0.25) is 0 Å². The van der Waals surface area contributed by atoms with Crippen molar-refractivity contribution >= 4 is 23.3 Å². The maximum absolute atomic E-state index is 13.3. The minimum Gasteiger partial charge on any atom is -0.493 e. The van der Waals surface area contributed by atoms with Crippen LogP contribution in [-0.2, 0) is 0 Å². The smallest absolute Gasteiger partial charge is 0.182 e.